The first-order chi connectivity index (χ1) is 10.3. The van der Waals surface area contributed by atoms with Crippen LogP contribution < -0.4 is 10.2 Å². The summed E-state index contributed by atoms with van der Waals surface area (Å²) in [7, 11) is 2.01. The maximum absolute atomic E-state index is 5.72. The van der Waals surface area contributed by atoms with Crippen molar-refractivity contribution in [1.82, 2.24) is 20.5 Å². The van der Waals surface area contributed by atoms with E-state index in [1.807, 2.05) is 19.2 Å². The van der Waals surface area contributed by atoms with Crippen LogP contribution in [0.15, 0.2) is 16.5 Å². The van der Waals surface area contributed by atoms with E-state index in [0.29, 0.717) is 11.7 Å². The Morgan fingerprint density at radius 3 is 3.14 bits per heavy atom. The van der Waals surface area contributed by atoms with Crippen LogP contribution in [-0.2, 0) is 6.42 Å². The van der Waals surface area contributed by atoms with Crippen LogP contribution in [0.3, 0.4) is 0 Å². The fraction of sp³-hybridized carbons (Fsp3) is 0.600. The molecule has 3 heterocycles. The van der Waals surface area contributed by atoms with Crippen molar-refractivity contribution in [3.05, 3.63) is 17.9 Å². The number of piperidine rings is 1. The van der Waals surface area contributed by atoms with Gasteiger partial charge in [0.1, 0.15) is 5.76 Å². The van der Waals surface area contributed by atoms with Crippen molar-refractivity contribution in [1.29, 1.82) is 0 Å². The third-order valence-electron chi connectivity index (χ3n) is 4.01. The molecule has 6 nitrogen and oxygen atoms in total. The molecule has 2 aromatic rings. The quantitative estimate of drug-likeness (QED) is 0.881. The summed E-state index contributed by atoms with van der Waals surface area (Å²) in [6, 6.07) is 3.94. The summed E-state index contributed by atoms with van der Waals surface area (Å²) in [5.74, 6) is 3.88. The number of aryl methyl sites for hydroxylation is 1. The van der Waals surface area contributed by atoms with Crippen molar-refractivity contribution in [3.8, 4) is 11.6 Å². The Labute approximate surface area is 124 Å². The van der Waals surface area contributed by atoms with Crippen LogP contribution in [0.2, 0.25) is 0 Å². The highest BCUT2D eigenvalue weighted by atomic mass is 16.3. The molecule has 1 fully saturated rings. The highest BCUT2D eigenvalue weighted by Crippen LogP contribution is 2.23. The molecule has 2 aromatic heterocycles. The summed E-state index contributed by atoms with van der Waals surface area (Å²) in [5, 5.41) is 10.6. The molecule has 1 aliphatic rings. The maximum Gasteiger partial charge on any atom is 0.245 e. The number of anilines is 1. The molecule has 6 heteroatoms. The number of hydrogen-bond acceptors (Lipinski definition) is 5. The van der Waals surface area contributed by atoms with Gasteiger partial charge in [-0.2, -0.15) is 4.98 Å². The van der Waals surface area contributed by atoms with Crippen LogP contribution >= 0.6 is 0 Å². The molecule has 1 saturated heterocycles. The SMILES string of the molecule is CCc1ccc(-c2nc(N3CCCC(CNC)C3)n[nH]2)o1. The van der Waals surface area contributed by atoms with Crippen molar-refractivity contribution < 1.29 is 4.42 Å². The zero-order chi connectivity index (χ0) is 14.7. The van der Waals surface area contributed by atoms with Crippen molar-refractivity contribution in [2.24, 2.45) is 5.92 Å². The van der Waals surface area contributed by atoms with E-state index in [1.54, 1.807) is 0 Å². The fourth-order valence-corrected chi connectivity index (χ4v) is 2.90. The largest absolute Gasteiger partial charge is 0.458 e. The first-order valence-electron chi connectivity index (χ1n) is 7.71. The number of rotatable bonds is 5. The van der Waals surface area contributed by atoms with E-state index in [-0.39, 0.29) is 0 Å². The van der Waals surface area contributed by atoms with E-state index >= 15 is 0 Å². The maximum atomic E-state index is 5.72. The summed E-state index contributed by atoms with van der Waals surface area (Å²) in [6.07, 6.45) is 3.35. The van der Waals surface area contributed by atoms with Gasteiger partial charge < -0.3 is 14.6 Å². The van der Waals surface area contributed by atoms with Crippen molar-refractivity contribution in [3.63, 3.8) is 0 Å². The van der Waals surface area contributed by atoms with Gasteiger partial charge in [0.15, 0.2) is 11.6 Å². The molecule has 0 aromatic carbocycles. The monoisotopic (exact) mass is 289 g/mol. The lowest BCUT2D eigenvalue weighted by atomic mass is 9.98. The predicted octanol–water partition coefficient (Wildman–Crippen LogP) is 2.06. The van der Waals surface area contributed by atoms with Crippen LogP contribution in [-0.4, -0.2) is 41.9 Å². The molecular weight excluding hydrogens is 266 g/mol. The van der Waals surface area contributed by atoms with E-state index in [0.717, 1.165) is 43.5 Å². The molecular formula is C15H23N5O. The Morgan fingerprint density at radius 1 is 1.48 bits per heavy atom. The summed E-state index contributed by atoms with van der Waals surface area (Å²) < 4.78 is 5.72. The Morgan fingerprint density at radius 2 is 2.38 bits per heavy atom. The summed E-state index contributed by atoms with van der Waals surface area (Å²) >= 11 is 0. The Balaban J connectivity index is 1.72. The second-order valence-electron chi connectivity index (χ2n) is 5.62. The Bertz CT molecular complexity index is 574. The molecule has 1 aliphatic heterocycles. The average Bonchev–Trinajstić information content (AvgIpc) is 3.17. The number of furan rings is 1. The number of aromatic nitrogens is 3. The lowest BCUT2D eigenvalue weighted by Gasteiger charge is -2.31. The van der Waals surface area contributed by atoms with Gasteiger partial charge in [0.05, 0.1) is 0 Å². The number of hydrogen-bond donors (Lipinski definition) is 2. The minimum Gasteiger partial charge on any atom is -0.458 e. The van der Waals surface area contributed by atoms with E-state index in [9.17, 15) is 0 Å². The van der Waals surface area contributed by atoms with Gasteiger partial charge in [-0.3, -0.25) is 5.10 Å². The average molecular weight is 289 g/mol. The molecule has 1 atom stereocenters. The van der Waals surface area contributed by atoms with Gasteiger partial charge in [0.2, 0.25) is 5.95 Å². The first-order valence-corrected chi connectivity index (χ1v) is 7.71. The van der Waals surface area contributed by atoms with Crippen LogP contribution in [0.25, 0.3) is 11.6 Å². The van der Waals surface area contributed by atoms with E-state index in [2.05, 4.69) is 32.3 Å². The molecule has 0 amide bonds. The lowest BCUT2D eigenvalue weighted by molar-refractivity contribution is 0.399. The number of nitrogens with one attached hydrogen (secondary N) is 2. The second kappa shape index (κ2) is 6.30. The second-order valence-corrected chi connectivity index (χ2v) is 5.62. The smallest absolute Gasteiger partial charge is 0.245 e. The van der Waals surface area contributed by atoms with Gasteiger partial charge in [0, 0.05) is 19.5 Å². The number of H-pyrrole nitrogens is 1. The fourth-order valence-electron chi connectivity index (χ4n) is 2.90. The number of aromatic amines is 1. The minimum absolute atomic E-state index is 0.668. The molecule has 0 spiro atoms. The van der Waals surface area contributed by atoms with Gasteiger partial charge in [-0.05, 0) is 44.5 Å². The first kappa shape index (κ1) is 14.1. The van der Waals surface area contributed by atoms with Gasteiger partial charge in [0.25, 0.3) is 0 Å². The van der Waals surface area contributed by atoms with Crippen LogP contribution in [0.4, 0.5) is 5.95 Å². The van der Waals surface area contributed by atoms with Gasteiger partial charge in [-0.1, -0.05) is 6.92 Å². The third-order valence-corrected chi connectivity index (χ3v) is 4.01. The summed E-state index contributed by atoms with van der Waals surface area (Å²) in [4.78, 5) is 6.85. The Kier molecular flexibility index (Phi) is 4.24. The molecule has 1 unspecified atom stereocenters. The van der Waals surface area contributed by atoms with Crippen LogP contribution in [0.1, 0.15) is 25.5 Å². The lowest BCUT2D eigenvalue weighted by Crippen LogP contribution is -2.39. The van der Waals surface area contributed by atoms with Crippen molar-refractivity contribution in [2.45, 2.75) is 26.2 Å². The van der Waals surface area contributed by atoms with Crippen molar-refractivity contribution >= 4 is 5.95 Å². The minimum atomic E-state index is 0.668. The highest BCUT2D eigenvalue weighted by Gasteiger charge is 2.22. The van der Waals surface area contributed by atoms with Gasteiger partial charge in [-0.15, -0.1) is 5.10 Å². The summed E-state index contributed by atoms with van der Waals surface area (Å²) in [5.41, 5.74) is 0. The molecule has 21 heavy (non-hydrogen) atoms. The molecule has 0 aliphatic carbocycles. The van der Waals surface area contributed by atoms with Crippen LogP contribution in [0, 0.1) is 5.92 Å². The molecule has 2 N–H and O–H groups in total. The van der Waals surface area contributed by atoms with E-state index in [1.165, 1.54) is 12.8 Å². The molecule has 0 radical (unpaired) electrons. The third kappa shape index (κ3) is 3.10. The standard InChI is InChI=1S/C15H23N5O/c1-3-12-6-7-13(21-12)14-17-15(19-18-14)20-8-4-5-11(10-20)9-16-2/h6-7,11,16H,3-5,8-10H2,1-2H3,(H,17,18,19). The molecule has 0 bridgehead atoms. The van der Waals surface area contributed by atoms with E-state index in [4.69, 9.17) is 4.42 Å². The van der Waals surface area contributed by atoms with E-state index < -0.39 is 0 Å². The zero-order valence-electron chi connectivity index (χ0n) is 12.7. The van der Waals surface area contributed by atoms with Gasteiger partial charge >= 0.3 is 0 Å². The van der Waals surface area contributed by atoms with Gasteiger partial charge in [-0.25, -0.2) is 0 Å². The number of nitrogens with zero attached hydrogens (tertiary/aromatic N) is 3. The van der Waals surface area contributed by atoms with Crippen molar-refractivity contribution in [2.75, 3.05) is 31.6 Å². The molecule has 114 valence electrons. The van der Waals surface area contributed by atoms with Crippen LogP contribution in [0.5, 0.6) is 0 Å². The highest BCUT2D eigenvalue weighted by molar-refractivity contribution is 5.49. The summed E-state index contributed by atoms with van der Waals surface area (Å²) in [6.45, 7) is 5.16. The molecule has 0 saturated carbocycles. The zero-order valence-corrected chi connectivity index (χ0v) is 12.7. The molecule has 3 rings (SSSR count). The normalized spacial score (nSPS) is 19.1. The topological polar surface area (TPSA) is 70.0 Å². The Hall–Kier alpha value is -1.82. The predicted molar refractivity (Wildman–Crippen MR) is 82.3 cm³/mol.